The number of carbonyl (C=O) groups is 1. The lowest BCUT2D eigenvalue weighted by Gasteiger charge is -2.07. The number of amides is 1. The number of hydrogen-bond donors (Lipinski definition) is 1. The fourth-order valence-corrected chi connectivity index (χ4v) is 4.55. The van der Waals surface area contributed by atoms with Crippen molar-refractivity contribution in [2.75, 3.05) is 5.75 Å². The van der Waals surface area contributed by atoms with Gasteiger partial charge in [-0.15, -0.1) is 0 Å². The first-order chi connectivity index (χ1) is 14.3. The number of nitrogens with one attached hydrogen (secondary N) is 1. The minimum Gasteiger partial charge on any atom is -0.269 e. The van der Waals surface area contributed by atoms with E-state index in [1.54, 1.807) is 10.8 Å². The lowest BCUT2D eigenvalue weighted by Crippen LogP contribution is -2.31. The summed E-state index contributed by atoms with van der Waals surface area (Å²) in [6.07, 6.45) is 5.16. The summed E-state index contributed by atoms with van der Waals surface area (Å²) < 4.78 is 27.9. The van der Waals surface area contributed by atoms with E-state index in [9.17, 15) is 13.2 Å². The fourth-order valence-electron chi connectivity index (χ4n) is 3.49. The Kier molecular flexibility index (Phi) is 6.72. The molecule has 0 radical (unpaired) electrons. The number of hydrogen-bond acceptors (Lipinski definition) is 4. The highest BCUT2D eigenvalue weighted by molar-refractivity contribution is 7.90. The van der Waals surface area contributed by atoms with E-state index in [1.807, 2.05) is 39.1 Å². The van der Waals surface area contributed by atoms with Gasteiger partial charge in [0, 0.05) is 24.3 Å². The molecule has 0 saturated heterocycles. The van der Waals surface area contributed by atoms with Gasteiger partial charge in [0.15, 0.2) is 0 Å². The van der Waals surface area contributed by atoms with Gasteiger partial charge in [-0.25, -0.2) is 13.1 Å². The minimum absolute atomic E-state index is 0.0469. The van der Waals surface area contributed by atoms with E-state index in [0.717, 1.165) is 46.1 Å². The third kappa shape index (κ3) is 5.16. The van der Waals surface area contributed by atoms with Crippen LogP contribution in [0.3, 0.4) is 0 Å². The molecule has 6 nitrogen and oxygen atoms in total. The Labute approximate surface area is 177 Å². The number of unbranched alkanes of at least 4 members (excludes halogenated alkanes) is 2. The van der Waals surface area contributed by atoms with Crippen LogP contribution in [0.25, 0.3) is 28.1 Å². The number of sulfonamides is 1. The van der Waals surface area contributed by atoms with Crippen molar-refractivity contribution in [2.45, 2.75) is 33.1 Å². The summed E-state index contributed by atoms with van der Waals surface area (Å²) in [7, 11) is -1.77. The molecule has 0 aliphatic heterocycles. The largest absolute Gasteiger partial charge is 0.269 e. The van der Waals surface area contributed by atoms with Crippen LogP contribution in [-0.2, 0) is 21.9 Å². The highest BCUT2D eigenvalue weighted by atomic mass is 32.2. The quantitative estimate of drug-likeness (QED) is 0.433. The molecule has 0 atom stereocenters. The van der Waals surface area contributed by atoms with Gasteiger partial charge in [0.25, 0.3) is 5.91 Å². The molecule has 1 aromatic heterocycles. The summed E-state index contributed by atoms with van der Waals surface area (Å²) in [5.74, 6) is -0.700. The van der Waals surface area contributed by atoms with Crippen LogP contribution in [0.15, 0.2) is 48.5 Å². The SMILES string of the molecule is CCCCCS(=O)(=O)NC(=O)C=Cc1c(C)nn(C)c1-c1ccc2ccccc2c1. The van der Waals surface area contributed by atoms with E-state index >= 15 is 0 Å². The Morgan fingerprint density at radius 2 is 1.87 bits per heavy atom. The monoisotopic (exact) mass is 425 g/mol. The maximum atomic E-state index is 12.2. The molecule has 30 heavy (non-hydrogen) atoms. The van der Waals surface area contributed by atoms with Crippen molar-refractivity contribution in [1.29, 1.82) is 0 Å². The number of aryl methyl sites for hydroxylation is 2. The zero-order chi connectivity index (χ0) is 21.7. The lowest BCUT2D eigenvalue weighted by molar-refractivity contribution is -0.114. The summed E-state index contributed by atoms with van der Waals surface area (Å²) in [6.45, 7) is 3.86. The molecule has 0 bridgehead atoms. The molecule has 1 N–H and O–H groups in total. The molecule has 0 fully saturated rings. The van der Waals surface area contributed by atoms with Crippen molar-refractivity contribution in [2.24, 2.45) is 7.05 Å². The molecule has 0 aliphatic carbocycles. The molecule has 0 spiro atoms. The average Bonchev–Trinajstić information content (AvgIpc) is 2.98. The number of carbonyl (C=O) groups excluding carboxylic acids is 1. The van der Waals surface area contributed by atoms with Gasteiger partial charge in [0.05, 0.1) is 17.1 Å². The van der Waals surface area contributed by atoms with E-state index in [-0.39, 0.29) is 5.75 Å². The molecular formula is C23H27N3O3S. The second-order valence-electron chi connectivity index (χ2n) is 7.36. The molecule has 1 amide bonds. The van der Waals surface area contributed by atoms with Crippen LogP contribution in [0, 0.1) is 6.92 Å². The van der Waals surface area contributed by atoms with Crippen molar-refractivity contribution in [3.8, 4) is 11.3 Å². The summed E-state index contributed by atoms with van der Waals surface area (Å²) in [4.78, 5) is 12.2. The van der Waals surface area contributed by atoms with Crippen LogP contribution in [0.5, 0.6) is 0 Å². The van der Waals surface area contributed by atoms with Crippen LogP contribution in [-0.4, -0.2) is 29.9 Å². The number of fused-ring (bicyclic) bond motifs is 1. The van der Waals surface area contributed by atoms with Gasteiger partial charge in [-0.2, -0.15) is 5.10 Å². The van der Waals surface area contributed by atoms with E-state index in [2.05, 4.69) is 34.1 Å². The maximum absolute atomic E-state index is 12.2. The molecule has 7 heteroatoms. The topological polar surface area (TPSA) is 81.1 Å². The highest BCUT2D eigenvalue weighted by Gasteiger charge is 2.15. The van der Waals surface area contributed by atoms with Gasteiger partial charge in [-0.05, 0) is 36.3 Å². The third-order valence-electron chi connectivity index (χ3n) is 4.97. The van der Waals surface area contributed by atoms with Crippen molar-refractivity contribution in [1.82, 2.24) is 14.5 Å². The Morgan fingerprint density at radius 3 is 2.60 bits per heavy atom. The summed E-state index contributed by atoms with van der Waals surface area (Å²) in [5, 5.41) is 6.74. The van der Waals surface area contributed by atoms with Gasteiger partial charge in [0.1, 0.15) is 0 Å². The smallest absolute Gasteiger partial charge is 0.257 e. The fraction of sp³-hybridized carbons (Fsp3) is 0.304. The molecule has 2 aromatic carbocycles. The number of nitrogens with zero attached hydrogens (tertiary/aromatic N) is 2. The van der Waals surface area contributed by atoms with Crippen molar-refractivity contribution in [3.05, 3.63) is 59.8 Å². The minimum atomic E-state index is -3.62. The summed E-state index contributed by atoms with van der Waals surface area (Å²) in [6, 6.07) is 14.3. The predicted molar refractivity (Wildman–Crippen MR) is 121 cm³/mol. The Morgan fingerprint density at radius 1 is 1.13 bits per heavy atom. The molecule has 1 heterocycles. The van der Waals surface area contributed by atoms with Gasteiger partial charge < -0.3 is 0 Å². The van der Waals surface area contributed by atoms with E-state index < -0.39 is 15.9 Å². The van der Waals surface area contributed by atoms with Crippen LogP contribution >= 0.6 is 0 Å². The van der Waals surface area contributed by atoms with Crippen molar-refractivity contribution in [3.63, 3.8) is 0 Å². The number of benzene rings is 2. The average molecular weight is 426 g/mol. The van der Waals surface area contributed by atoms with Crippen molar-refractivity contribution < 1.29 is 13.2 Å². The Hall–Kier alpha value is -2.93. The maximum Gasteiger partial charge on any atom is 0.257 e. The first-order valence-corrected chi connectivity index (χ1v) is 11.7. The van der Waals surface area contributed by atoms with Crippen LogP contribution in [0.1, 0.15) is 37.4 Å². The number of rotatable bonds is 8. The molecule has 0 aliphatic rings. The second kappa shape index (κ2) is 9.26. The normalized spacial score (nSPS) is 12.0. The van der Waals surface area contributed by atoms with Crippen LogP contribution in [0.2, 0.25) is 0 Å². The lowest BCUT2D eigenvalue weighted by atomic mass is 10.0. The van der Waals surface area contributed by atoms with Gasteiger partial charge in [-0.3, -0.25) is 9.48 Å². The standard InChI is InChI=1S/C23H27N3O3S/c1-4-5-8-15-30(28,29)25-22(27)14-13-21-17(2)24-26(3)23(21)20-12-11-18-9-6-7-10-19(18)16-20/h6-7,9-14,16H,4-5,8,15H2,1-3H3,(H,25,27). The molecule has 3 rings (SSSR count). The third-order valence-corrected chi connectivity index (χ3v) is 6.30. The van der Waals surface area contributed by atoms with Gasteiger partial charge in [-0.1, -0.05) is 56.2 Å². The molecule has 3 aromatic rings. The van der Waals surface area contributed by atoms with Gasteiger partial charge in [0.2, 0.25) is 10.0 Å². The first-order valence-electron chi connectivity index (χ1n) is 10.1. The Balaban J connectivity index is 1.85. The zero-order valence-electron chi connectivity index (χ0n) is 17.6. The first kappa shape index (κ1) is 21.8. The molecule has 158 valence electrons. The molecular weight excluding hydrogens is 398 g/mol. The van der Waals surface area contributed by atoms with Crippen LogP contribution in [0.4, 0.5) is 0 Å². The van der Waals surface area contributed by atoms with Crippen molar-refractivity contribution >= 4 is 32.8 Å². The summed E-state index contributed by atoms with van der Waals surface area (Å²) >= 11 is 0. The molecule has 0 saturated carbocycles. The predicted octanol–water partition coefficient (Wildman–Crippen LogP) is 4.20. The van der Waals surface area contributed by atoms with Gasteiger partial charge >= 0.3 is 0 Å². The highest BCUT2D eigenvalue weighted by Crippen LogP contribution is 2.29. The van der Waals surface area contributed by atoms with Crippen LogP contribution < -0.4 is 4.72 Å². The number of aromatic nitrogens is 2. The van der Waals surface area contributed by atoms with E-state index in [1.165, 1.54) is 6.08 Å². The van der Waals surface area contributed by atoms with E-state index in [4.69, 9.17) is 0 Å². The second-order valence-corrected chi connectivity index (χ2v) is 9.20. The molecule has 0 unspecified atom stereocenters. The van der Waals surface area contributed by atoms with E-state index in [0.29, 0.717) is 6.42 Å². The summed E-state index contributed by atoms with van der Waals surface area (Å²) in [5.41, 5.74) is 3.39. The zero-order valence-corrected chi connectivity index (χ0v) is 18.4. The Bertz CT molecular complexity index is 1190.